The molecule has 0 saturated carbocycles. The quantitative estimate of drug-likeness (QED) is 0.476. The molecule has 3 nitrogen and oxygen atoms in total. The van der Waals surface area contributed by atoms with Crippen molar-refractivity contribution in [1.82, 2.24) is 4.98 Å². The molecule has 0 atom stereocenters. The van der Waals surface area contributed by atoms with Crippen LogP contribution in [0.25, 0.3) is 0 Å². The van der Waals surface area contributed by atoms with Gasteiger partial charge in [0, 0.05) is 11.7 Å². The summed E-state index contributed by atoms with van der Waals surface area (Å²) in [6, 6.07) is 1.73. The summed E-state index contributed by atoms with van der Waals surface area (Å²) in [6.45, 7) is 11.4. The fourth-order valence-corrected chi connectivity index (χ4v) is 1.92. The number of rotatable bonds is 3. The normalized spacial score (nSPS) is 20.6. The molecule has 102 valence electrons. The lowest BCUT2D eigenvalue weighted by atomic mass is 9.79. The van der Waals surface area contributed by atoms with Gasteiger partial charge in [-0.3, -0.25) is 0 Å². The highest BCUT2D eigenvalue weighted by molar-refractivity contribution is 6.62. The minimum absolute atomic E-state index is 0.345. The van der Waals surface area contributed by atoms with Crippen molar-refractivity contribution in [2.45, 2.75) is 45.3 Å². The van der Waals surface area contributed by atoms with Gasteiger partial charge in [-0.05, 0) is 39.7 Å². The van der Waals surface area contributed by atoms with Crippen molar-refractivity contribution < 1.29 is 13.7 Å². The summed E-state index contributed by atoms with van der Waals surface area (Å²) < 4.78 is 25.5. The van der Waals surface area contributed by atoms with Crippen LogP contribution in [0, 0.1) is 5.95 Å². The van der Waals surface area contributed by atoms with Gasteiger partial charge < -0.3 is 9.31 Å². The third-order valence-corrected chi connectivity index (χ3v) is 3.81. The summed E-state index contributed by atoms with van der Waals surface area (Å²) in [4.78, 5) is 3.76. The van der Waals surface area contributed by atoms with Crippen molar-refractivity contribution in [1.29, 1.82) is 0 Å². The first-order chi connectivity index (χ1) is 8.77. The summed E-state index contributed by atoms with van der Waals surface area (Å²) >= 11 is 0. The Balaban J connectivity index is 2.33. The maximum absolute atomic E-state index is 13.9. The van der Waals surface area contributed by atoms with Crippen LogP contribution in [0.3, 0.4) is 0 Å². The van der Waals surface area contributed by atoms with E-state index < -0.39 is 24.3 Å². The molecule has 0 bridgehead atoms. The molecule has 0 amide bonds. The number of allylic oxidation sites excluding steroid dienone is 1. The Morgan fingerprint density at radius 2 is 1.89 bits per heavy atom. The average molecular weight is 263 g/mol. The van der Waals surface area contributed by atoms with Crippen molar-refractivity contribution in [2.24, 2.45) is 0 Å². The lowest BCUT2D eigenvalue weighted by molar-refractivity contribution is 0.00578. The van der Waals surface area contributed by atoms with E-state index in [0.717, 1.165) is 5.56 Å². The van der Waals surface area contributed by atoms with Crippen LogP contribution in [-0.2, 0) is 15.7 Å². The molecule has 1 aromatic heterocycles. The Hall–Kier alpha value is -1.20. The zero-order valence-electron chi connectivity index (χ0n) is 11.9. The zero-order valence-corrected chi connectivity index (χ0v) is 11.9. The minimum Gasteiger partial charge on any atom is -0.399 e. The standard InChI is InChI=1S/C14H19BFNO2/c1-6-7-10-8-11(12(16)17-9-10)15-18-13(2,3)14(4,5)19-15/h6,8-9H,1,7H2,2-5H3. The van der Waals surface area contributed by atoms with E-state index in [2.05, 4.69) is 11.6 Å². The number of hydrogen-bond acceptors (Lipinski definition) is 3. The summed E-state index contributed by atoms with van der Waals surface area (Å²) in [5.41, 5.74) is 0.260. The van der Waals surface area contributed by atoms with Gasteiger partial charge in [-0.1, -0.05) is 12.1 Å². The summed E-state index contributed by atoms with van der Waals surface area (Å²) in [7, 11) is -0.720. The van der Waals surface area contributed by atoms with E-state index >= 15 is 0 Å². The highest BCUT2D eigenvalue weighted by atomic mass is 19.1. The Morgan fingerprint density at radius 1 is 1.32 bits per heavy atom. The van der Waals surface area contributed by atoms with Crippen LogP contribution >= 0.6 is 0 Å². The molecule has 1 aliphatic rings. The molecule has 0 N–H and O–H groups in total. The van der Waals surface area contributed by atoms with Gasteiger partial charge in [-0.2, -0.15) is 4.39 Å². The van der Waals surface area contributed by atoms with Crippen LogP contribution < -0.4 is 5.46 Å². The van der Waals surface area contributed by atoms with E-state index in [1.807, 2.05) is 27.7 Å². The van der Waals surface area contributed by atoms with E-state index in [-0.39, 0.29) is 0 Å². The second-order valence-electron chi connectivity index (χ2n) is 5.80. The van der Waals surface area contributed by atoms with Crippen LogP contribution in [0.2, 0.25) is 0 Å². The molecule has 2 heterocycles. The molecular formula is C14H19BFNO2. The van der Waals surface area contributed by atoms with E-state index in [9.17, 15) is 4.39 Å². The van der Waals surface area contributed by atoms with Crippen molar-refractivity contribution in [3.05, 3.63) is 36.4 Å². The van der Waals surface area contributed by atoms with Crippen LogP contribution in [0.5, 0.6) is 0 Å². The summed E-state index contributed by atoms with van der Waals surface area (Å²) in [5, 5.41) is 0. The first kappa shape index (κ1) is 14.2. The van der Waals surface area contributed by atoms with E-state index in [1.54, 1.807) is 12.1 Å². The predicted molar refractivity (Wildman–Crippen MR) is 73.8 cm³/mol. The Morgan fingerprint density at radius 3 is 2.42 bits per heavy atom. The van der Waals surface area contributed by atoms with Crippen molar-refractivity contribution in [3.63, 3.8) is 0 Å². The maximum Gasteiger partial charge on any atom is 0.499 e. The number of pyridine rings is 1. The average Bonchev–Trinajstić information content (AvgIpc) is 2.51. The zero-order chi connectivity index (χ0) is 14.3. The SMILES string of the molecule is C=CCc1cnc(F)c(B2OC(C)(C)C(C)(C)O2)c1. The Bertz CT molecular complexity index is 486. The molecule has 5 heteroatoms. The van der Waals surface area contributed by atoms with E-state index in [0.29, 0.717) is 11.9 Å². The van der Waals surface area contributed by atoms with Gasteiger partial charge in [0.1, 0.15) is 0 Å². The number of halogens is 1. The minimum atomic E-state index is -0.720. The second kappa shape index (κ2) is 4.73. The first-order valence-corrected chi connectivity index (χ1v) is 6.38. The molecule has 0 spiro atoms. The van der Waals surface area contributed by atoms with Gasteiger partial charge in [-0.25, -0.2) is 4.98 Å². The lowest BCUT2D eigenvalue weighted by Crippen LogP contribution is -2.41. The van der Waals surface area contributed by atoms with Crippen molar-refractivity contribution in [3.8, 4) is 0 Å². The summed E-state index contributed by atoms with van der Waals surface area (Å²) in [5.74, 6) is -0.550. The molecule has 0 aliphatic carbocycles. The van der Waals surface area contributed by atoms with E-state index in [4.69, 9.17) is 9.31 Å². The third kappa shape index (κ3) is 2.58. The van der Waals surface area contributed by atoms with Gasteiger partial charge in [0.2, 0.25) is 5.95 Å². The number of aromatic nitrogens is 1. The van der Waals surface area contributed by atoms with Crippen molar-refractivity contribution in [2.75, 3.05) is 0 Å². The van der Waals surface area contributed by atoms with Crippen LogP contribution in [-0.4, -0.2) is 23.3 Å². The molecule has 0 radical (unpaired) electrons. The van der Waals surface area contributed by atoms with Gasteiger partial charge in [0.15, 0.2) is 0 Å². The largest absolute Gasteiger partial charge is 0.499 e. The fourth-order valence-electron chi connectivity index (χ4n) is 1.92. The Labute approximate surface area is 114 Å². The smallest absolute Gasteiger partial charge is 0.399 e. The topological polar surface area (TPSA) is 31.4 Å². The highest BCUT2D eigenvalue weighted by Gasteiger charge is 2.52. The van der Waals surface area contributed by atoms with Gasteiger partial charge in [0.05, 0.1) is 11.2 Å². The van der Waals surface area contributed by atoms with Gasteiger partial charge in [0.25, 0.3) is 0 Å². The van der Waals surface area contributed by atoms with Crippen LogP contribution in [0.15, 0.2) is 24.9 Å². The number of hydrogen-bond donors (Lipinski definition) is 0. The number of nitrogens with zero attached hydrogens (tertiary/aromatic N) is 1. The molecule has 1 fully saturated rings. The molecule has 2 rings (SSSR count). The third-order valence-electron chi connectivity index (χ3n) is 3.81. The molecule has 19 heavy (non-hydrogen) atoms. The fraction of sp³-hybridized carbons (Fsp3) is 0.500. The van der Waals surface area contributed by atoms with Crippen LogP contribution in [0.4, 0.5) is 4.39 Å². The first-order valence-electron chi connectivity index (χ1n) is 6.38. The molecule has 1 saturated heterocycles. The predicted octanol–water partition coefficient (Wildman–Crippen LogP) is 2.25. The highest BCUT2D eigenvalue weighted by Crippen LogP contribution is 2.36. The molecule has 1 aromatic rings. The second-order valence-corrected chi connectivity index (χ2v) is 5.80. The molecule has 0 aromatic carbocycles. The van der Waals surface area contributed by atoms with Gasteiger partial charge >= 0.3 is 7.12 Å². The van der Waals surface area contributed by atoms with Crippen molar-refractivity contribution >= 4 is 12.6 Å². The van der Waals surface area contributed by atoms with Crippen LogP contribution in [0.1, 0.15) is 33.3 Å². The lowest BCUT2D eigenvalue weighted by Gasteiger charge is -2.32. The molecule has 1 aliphatic heterocycles. The maximum atomic E-state index is 13.9. The van der Waals surface area contributed by atoms with E-state index in [1.165, 1.54) is 6.20 Å². The molecule has 0 unspecified atom stereocenters. The van der Waals surface area contributed by atoms with Gasteiger partial charge in [-0.15, -0.1) is 6.58 Å². The Kier molecular flexibility index (Phi) is 3.54. The summed E-state index contributed by atoms with van der Waals surface area (Å²) in [6.07, 6.45) is 3.90. The monoisotopic (exact) mass is 263 g/mol. The molecular weight excluding hydrogens is 244 g/mol.